The standard InChI is InChI=1S/C11H10F5NO3/c1-2-20-9(19)10(12,13)8(18)6-4-3-5-7(17-6)11(14,15)16/h3-5,8,18H,2H2,1H3. The Kier molecular flexibility index (Phi) is 4.64. The van der Waals surface area contributed by atoms with Gasteiger partial charge in [0.2, 0.25) is 0 Å². The Bertz CT molecular complexity index is 489. The maximum Gasteiger partial charge on any atom is 0.433 e. The predicted octanol–water partition coefficient (Wildman–Crippen LogP) is 2.33. The third-order valence-electron chi connectivity index (χ3n) is 2.23. The Balaban J connectivity index is 3.09. The average Bonchev–Trinajstić information content (AvgIpc) is 2.37. The molecule has 1 heterocycles. The molecule has 20 heavy (non-hydrogen) atoms. The Morgan fingerprint density at radius 2 is 1.95 bits per heavy atom. The van der Waals surface area contributed by atoms with Crippen LogP contribution >= 0.6 is 0 Å². The molecule has 0 saturated heterocycles. The molecule has 0 aliphatic rings. The molecule has 0 spiro atoms. The Labute approximate surface area is 110 Å². The molecule has 4 nitrogen and oxygen atoms in total. The number of alkyl halides is 5. The molecule has 1 aromatic heterocycles. The van der Waals surface area contributed by atoms with Gasteiger partial charge in [-0.2, -0.15) is 22.0 Å². The zero-order chi connectivity index (χ0) is 15.6. The lowest BCUT2D eigenvalue weighted by Gasteiger charge is -2.20. The van der Waals surface area contributed by atoms with E-state index in [2.05, 4.69) is 9.72 Å². The summed E-state index contributed by atoms with van der Waals surface area (Å²) in [5.74, 6) is -6.43. The van der Waals surface area contributed by atoms with Crippen molar-refractivity contribution in [2.45, 2.75) is 25.1 Å². The fourth-order valence-corrected chi connectivity index (χ4v) is 1.29. The molecular formula is C11H10F5NO3. The minimum atomic E-state index is -4.85. The molecular weight excluding hydrogens is 289 g/mol. The van der Waals surface area contributed by atoms with Gasteiger partial charge in [-0.25, -0.2) is 9.78 Å². The highest BCUT2D eigenvalue weighted by Crippen LogP contribution is 2.34. The van der Waals surface area contributed by atoms with Gasteiger partial charge in [0.25, 0.3) is 0 Å². The third kappa shape index (κ3) is 3.41. The Hall–Kier alpha value is -1.77. The van der Waals surface area contributed by atoms with Gasteiger partial charge in [0.15, 0.2) is 6.10 Å². The zero-order valence-corrected chi connectivity index (χ0v) is 10.1. The summed E-state index contributed by atoms with van der Waals surface area (Å²) < 4.78 is 68.1. The Morgan fingerprint density at radius 3 is 2.45 bits per heavy atom. The number of hydrogen-bond donors (Lipinski definition) is 1. The summed E-state index contributed by atoms with van der Waals surface area (Å²) >= 11 is 0. The van der Waals surface area contributed by atoms with E-state index < -0.39 is 35.6 Å². The second-order valence-electron chi connectivity index (χ2n) is 3.69. The fourth-order valence-electron chi connectivity index (χ4n) is 1.29. The molecule has 0 bridgehead atoms. The first-order valence-corrected chi connectivity index (χ1v) is 5.38. The number of aromatic nitrogens is 1. The number of aliphatic hydroxyl groups excluding tert-OH is 1. The van der Waals surface area contributed by atoms with Gasteiger partial charge >= 0.3 is 18.1 Å². The van der Waals surface area contributed by atoms with Gasteiger partial charge < -0.3 is 9.84 Å². The highest BCUT2D eigenvalue weighted by Gasteiger charge is 2.50. The number of rotatable bonds is 4. The molecule has 0 aromatic carbocycles. The molecule has 0 radical (unpaired) electrons. The fraction of sp³-hybridized carbons (Fsp3) is 0.455. The summed E-state index contributed by atoms with van der Waals surface area (Å²) in [4.78, 5) is 13.9. The molecule has 1 atom stereocenters. The first-order valence-electron chi connectivity index (χ1n) is 5.38. The first kappa shape index (κ1) is 16.3. The van der Waals surface area contributed by atoms with Crippen LogP contribution in [0.2, 0.25) is 0 Å². The first-order chi connectivity index (χ1) is 9.10. The number of carbonyl (C=O) groups excluding carboxylic acids is 1. The van der Waals surface area contributed by atoms with Crippen LogP contribution in [0.3, 0.4) is 0 Å². The number of carbonyl (C=O) groups is 1. The summed E-state index contributed by atoms with van der Waals surface area (Å²) in [6.07, 6.45) is -7.68. The van der Waals surface area contributed by atoms with Crippen LogP contribution in [0.25, 0.3) is 0 Å². The average molecular weight is 299 g/mol. The van der Waals surface area contributed by atoms with Crippen LogP contribution in [0.5, 0.6) is 0 Å². The van der Waals surface area contributed by atoms with Crippen LogP contribution in [0, 0.1) is 0 Å². The van der Waals surface area contributed by atoms with E-state index in [-0.39, 0.29) is 6.61 Å². The molecule has 0 amide bonds. The number of esters is 1. The zero-order valence-electron chi connectivity index (χ0n) is 10.1. The highest BCUT2D eigenvalue weighted by atomic mass is 19.4. The number of halogens is 5. The van der Waals surface area contributed by atoms with Gasteiger partial charge in [-0.3, -0.25) is 0 Å². The summed E-state index contributed by atoms with van der Waals surface area (Å²) in [5.41, 5.74) is -2.42. The van der Waals surface area contributed by atoms with Crippen molar-refractivity contribution in [2.75, 3.05) is 6.61 Å². The van der Waals surface area contributed by atoms with Crippen LogP contribution in [0.1, 0.15) is 24.4 Å². The van der Waals surface area contributed by atoms with Gasteiger partial charge in [-0.15, -0.1) is 0 Å². The van der Waals surface area contributed by atoms with Crippen molar-refractivity contribution >= 4 is 5.97 Å². The van der Waals surface area contributed by atoms with E-state index in [1.807, 2.05) is 0 Å². The molecule has 9 heteroatoms. The number of ether oxygens (including phenoxy) is 1. The van der Waals surface area contributed by atoms with E-state index in [0.29, 0.717) is 6.07 Å². The van der Waals surface area contributed by atoms with Gasteiger partial charge in [-0.05, 0) is 19.1 Å². The van der Waals surface area contributed by atoms with Crippen LogP contribution in [-0.2, 0) is 15.7 Å². The second kappa shape index (κ2) is 5.70. The SMILES string of the molecule is CCOC(=O)C(F)(F)C(O)c1cccc(C(F)(F)F)n1. The van der Waals surface area contributed by atoms with Gasteiger partial charge in [0.1, 0.15) is 5.69 Å². The normalized spacial score (nSPS) is 13.9. The largest absolute Gasteiger partial charge is 0.461 e. The molecule has 112 valence electrons. The summed E-state index contributed by atoms with van der Waals surface area (Å²) in [6.45, 7) is 0.903. The smallest absolute Gasteiger partial charge is 0.433 e. The lowest BCUT2D eigenvalue weighted by Crippen LogP contribution is -2.38. The van der Waals surface area contributed by atoms with Crippen molar-refractivity contribution in [2.24, 2.45) is 0 Å². The molecule has 0 aliphatic heterocycles. The van der Waals surface area contributed by atoms with Crippen molar-refractivity contribution in [3.8, 4) is 0 Å². The number of aliphatic hydroxyl groups is 1. The molecule has 0 fully saturated rings. The maximum atomic E-state index is 13.5. The summed E-state index contributed by atoms with van der Waals surface area (Å²) in [5, 5.41) is 9.35. The maximum absolute atomic E-state index is 13.5. The second-order valence-corrected chi connectivity index (χ2v) is 3.69. The number of pyridine rings is 1. The van der Waals surface area contributed by atoms with E-state index in [1.165, 1.54) is 6.92 Å². The lowest BCUT2D eigenvalue weighted by atomic mass is 10.1. The van der Waals surface area contributed by atoms with Crippen molar-refractivity contribution in [1.82, 2.24) is 4.98 Å². The van der Waals surface area contributed by atoms with Crippen molar-refractivity contribution in [1.29, 1.82) is 0 Å². The van der Waals surface area contributed by atoms with E-state index in [9.17, 15) is 31.9 Å². The number of hydrogen-bond acceptors (Lipinski definition) is 4. The minimum Gasteiger partial charge on any atom is -0.461 e. The van der Waals surface area contributed by atoms with E-state index >= 15 is 0 Å². The van der Waals surface area contributed by atoms with Crippen molar-refractivity contribution < 1.29 is 36.6 Å². The van der Waals surface area contributed by atoms with Crippen molar-refractivity contribution in [3.63, 3.8) is 0 Å². The third-order valence-corrected chi connectivity index (χ3v) is 2.23. The number of nitrogens with zero attached hydrogens (tertiary/aromatic N) is 1. The molecule has 1 unspecified atom stereocenters. The van der Waals surface area contributed by atoms with Crippen LogP contribution in [-0.4, -0.2) is 28.6 Å². The van der Waals surface area contributed by atoms with Crippen molar-refractivity contribution in [3.05, 3.63) is 29.6 Å². The van der Waals surface area contributed by atoms with E-state index in [1.54, 1.807) is 0 Å². The molecule has 0 aliphatic carbocycles. The Morgan fingerprint density at radius 1 is 1.35 bits per heavy atom. The quantitative estimate of drug-likeness (QED) is 0.685. The predicted molar refractivity (Wildman–Crippen MR) is 55.8 cm³/mol. The molecule has 0 saturated carbocycles. The van der Waals surface area contributed by atoms with E-state index in [0.717, 1.165) is 12.1 Å². The van der Waals surface area contributed by atoms with E-state index in [4.69, 9.17) is 0 Å². The van der Waals surface area contributed by atoms with Crippen LogP contribution in [0.15, 0.2) is 18.2 Å². The molecule has 1 aromatic rings. The monoisotopic (exact) mass is 299 g/mol. The lowest BCUT2D eigenvalue weighted by molar-refractivity contribution is -0.189. The van der Waals surface area contributed by atoms with Gasteiger partial charge in [-0.1, -0.05) is 6.07 Å². The molecule has 1 N–H and O–H groups in total. The minimum absolute atomic E-state index is 0.364. The van der Waals surface area contributed by atoms with Crippen LogP contribution in [0.4, 0.5) is 22.0 Å². The summed E-state index contributed by atoms with van der Waals surface area (Å²) in [6, 6.07) is 2.11. The van der Waals surface area contributed by atoms with Gasteiger partial charge in [0, 0.05) is 0 Å². The topological polar surface area (TPSA) is 59.4 Å². The highest BCUT2D eigenvalue weighted by molar-refractivity contribution is 5.78. The van der Waals surface area contributed by atoms with Crippen LogP contribution < -0.4 is 0 Å². The van der Waals surface area contributed by atoms with Gasteiger partial charge in [0.05, 0.1) is 12.3 Å². The summed E-state index contributed by atoms with van der Waals surface area (Å²) in [7, 11) is 0. The molecule has 1 rings (SSSR count).